The maximum absolute atomic E-state index is 13.3. The molecule has 0 saturated carbocycles. The molecule has 2 aromatic heterocycles. The minimum absolute atomic E-state index is 0.0478. The topological polar surface area (TPSA) is 67.2 Å². The van der Waals surface area contributed by atoms with E-state index in [4.69, 9.17) is 5.10 Å². The predicted molar refractivity (Wildman–Crippen MR) is 106 cm³/mol. The van der Waals surface area contributed by atoms with Crippen molar-refractivity contribution in [1.29, 1.82) is 0 Å². The molecule has 1 aliphatic carbocycles. The summed E-state index contributed by atoms with van der Waals surface area (Å²) in [6.07, 6.45) is 8.14. The second kappa shape index (κ2) is 7.07. The van der Waals surface area contributed by atoms with E-state index in [0.717, 1.165) is 49.4 Å². The maximum atomic E-state index is 13.3. The molecule has 2 aliphatic rings. The number of carbonyl (C=O) groups is 1. The zero-order valence-electron chi connectivity index (χ0n) is 15.7. The fourth-order valence-electron chi connectivity index (χ4n) is 4.13. The van der Waals surface area contributed by atoms with E-state index < -0.39 is 0 Å². The minimum Gasteiger partial charge on any atom is -0.352 e. The van der Waals surface area contributed by atoms with E-state index in [1.807, 2.05) is 39.9 Å². The number of piperazine rings is 1. The van der Waals surface area contributed by atoms with Crippen molar-refractivity contribution in [2.75, 3.05) is 31.1 Å². The highest BCUT2D eigenvalue weighted by atomic mass is 16.2. The standard InChI is InChI=1S/C21H22N6O/c28-21(26-13-11-25(12-14-26)19-15-22-9-10-23-19)20-17-7-4-8-18(17)27(24-20)16-5-2-1-3-6-16/h1-3,5-6,9-10,15H,4,7-8,11-14H2. The van der Waals surface area contributed by atoms with Gasteiger partial charge < -0.3 is 9.80 Å². The van der Waals surface area contributed by atoms with E-state index in [9.17, 15) is 4.79 Å². The first-order valence-electron chi connectivity index (χ1n) is 9.78. The first-order valence-corrected chi connectivity index (χ1v) is 9.78. The van der Waals surface area contributed by atoms with Crippen LogP contribution in [0.1, 0.15) is 28.2 Å². The molecule has 5 rings (SSSR count). The predicted octanol–water partition coefficient (Wildman–Crippen LogP) is 2.11. The van der Waals surface area contributed by atoms with Gasteiger partial charge in [-0.25, -0.2) is 9.67 Å². The lowest BCUT2D eigenvalue weighted by Gasteiger charge is -2.35. The van der Waals surface area contributed by atoms with Gasteiger partial charge in [0.15, 0.2) is 5.69 Å². The molecule has 7 nitrogen and oxygen atoms in total. The lowest BCUT2D eigenvalue weighted by Crippen LogP contribution is -2.49. The average Bonchev–Trinajstić information content (AvgIpc) is 3.38. The minimum atomic E-state index is 0.0478. The number of benzene rings is 1. The van der Waals surface area contributed by atoms with Gasteiger partial charge in [-0.1, -0.05) is 18.2 Å². The summed E-state index contributed by atoms with van der Waals surface area (Å²) in [5.74, 6) is 0.912. The van der Waals surface area contributed by atoms with Gasteiger partial charge in [-0.05, 0) is 31.4 Å². The van der Waals surface area contributed by atoms with E-state index in [-0.39, 0.29) is 5.91 Å². The molecule has 0 N–H and O–H groups in total. The van der Waals surface area contributed by atoms with Gasteiger partial charge in [-0.3, -0.25) is 9.78 Å². The molecule has 3 aromatic rings. The van der Waals surface area contributed by atoms with E-state index in [0.29, 0.717) is 18.8 Å². The number of carbonyl (C=O) groups excluding carboxylic acids is 1. The quantitative estimate of drug-likeness (QED) is 0.702. The number of fused-ring (bicyclic) bond motifs is 1. The Bertz CT molecular complexity index is 977. The summed E-state index contributed by atoms with van der Waals surface area (Å²) in [7, 11) is 0. The Morgan fingerprint density at radius 1 is 0.964 bits per heavy atom. The van der Waals surface area contributed by atoms with Crippen LogP contribution in [0.2, 0.25) is 0 Å². The second-order valence-corrected chi connectivity index (χ2v) is 7.22. The molecular formula is C21H22N6O. The van der Waals surface area contributed by atoms with Crippen LogP contribution in [0.3, 0.4) is 0 Å². The van der Waals surface area contributed by atoms with Crippen molar-refractivity contribution < 1.29 is 4.79 Å². The second-order valence-electron chi connectivity index (χ2n) is 7.22. The van der Waals surface area contributed by atoms with E-state index in [1.54, 1.807) is 18.6 Å². The third-order valence-corrected chi connectivity index (χ3v) is 5.57. The molecule has 3 heterocycles. The summed E-state index contributed by atoms with van der Waals surface area (Å²) in [4.78, 5) is 25.8. The Morgan fingerprint density at radius 3 is 2.54 bits per heavy atom. The summed E-state index contributed by atoms with van der Waals surface area (Å²) in [5, 5.41) is 4.74. The van der Waals surface area contributed by atoms with Crippen molar-refractivity contribution in [2.45, 2.75) is 19.3 Å². The molecular weight excluding hydrogens is 352 g/mol. The molecule has 28 heavy (non-hydrogen) atoms. The molecule has 0 radical (unpaired) electrons. The first kappa shape index (κ1) is 16.9. The largest absolute Gasteiger partial charge is 0.352 e. The molecule has 1 aromatic carbocycles. The molecule has 0 bridgehead atoms. The molecule has 7 heteroatoms. The van der Waals surface area contributed by atoms with Crippen LogP contribution in [0, 0.1) is 0 Å². The van der Waals surface area contributed by atoms with Crippen LogP contribution in [0.25, 0.3) is 5.69 Å². The highest BCUT2D eigenvalue weighted by Gasteiger charge is 2.31. The third kappa shape index (κ3) is 2.93. The van der Waals surface area contributed by atoms with Crippen LogP contribution in [-0.4, -0.2) is 56.7 Å². The van der Waals surface area contributed by atoms with E-state index >= 15 is 0 Å². The van der Waals surface area contributed by atoms with Crippen LogP contribution in [0.4, 0.5) is 5.82 Å². The summed E-state index contributed by atoms with van der Waals surface area (Å²) >= 11 is 0. The van der Waals surface area contributed by atoms with Crippen molar-refractivity contribution in [3.8, 4) is 5.69 Å². The number of hydrogen-bond acceptors (Lipinski definition) is 5. The van der Waals surface area contributed by atoms with Gasteiger partial charge in [-0.2, -0.15) is 5.10 Å². The SMILES string of the molecule is O=C(c1nn(-c2ccccc2)c2c1CCC2)N1CCN(c2cnccn2)CC1. The number of aromatic nitrogens is 4. The summed E-state index contributed by atoms with van der Waals surface area (Å²) in [6.45, 7) is 2.85. The Kier molecular flexibility index (Phi) is 4.27. The molecule has 0 spiro atoms. The molecule has 1 fully saturated rings. The monoisotopic (exact) mass is 374 g/mol. The molecule has 1 saturated heterocycles. The van der Waals surface area contributed by atoms with Crippen LogP contribution < -0.4 is 4.90 Å². The molecule has 1 amide bonds. The number of amides is 1. The van der Waals surface area contributed by atoms with Crippen molar-refractivity contribution in [3.05, 3.63) is 65.9 Å². The Labute approximate surface area is 163 Å². The zero-order chi connectivity index (χ0) is 18.9. The first-order chi connectivity index (χ1) is 13.8. The van der Waals surface area contributed by atoms with Crippen molar-refractivity contribution in [3.63, 3.8) is 0 Å². The van der Waals surface area contributed by atoms with Gasteiger partial charge in [0.25, 0.3) is 5.91 Å². The Morgan fingerprint density at radius 2 is 1.79 bits per heavy atom. The summed E-state index contributed by atoms with van der Waals surface area (Å²) < 4.78 is 1.96. The lowest BCUT2D eigenvalue weighted by molar-refractivity contribution is 0.0739. The zero-order valence-corrected chi connectivity index (χ0v) is 15.7. The van der Waals surface area contributed by atoms with Crippen molar-refractivity contribution in [2.24, 2.45) is 0 Å². The number of nitrogens with zero attached hydrogens (tertiary/aromatic N) is 6. The number of rotatable bonds is 3. The normalized spacial score (nSPS) is 16.3. The van der Waals surface area contributed by atoms with E-state index in [2.05, 4.69) is 14.9 Å². The van der Waals surface area contributed by atoms with Crippen LogP contribution >= 0.6 is 0 Å². The van der Waals surface area contributed by atoms with Crippen molar-refractivity contribution in [1.82, 2.24) is 24.6 Å². The van der Waals surface area contributed by atoms with Gasteiger partial charge in [-0.15, -0.1) is 0 Å². The Balaban J connectivity index is 1.37. The smallest absolute Gasteiger partial charge is 0.274 e. The third-order valence-electron chi connectivity index (χ3n) is 5.57. The van der Waals surface area contributed by atoms with Gasteiger partial charge in [0.1, 0.15) is 5.82 Å². The van der Waals surface area contributed by atoms with Gasteiger partial charge in [0, 0.05) is 49.8 Å². The summed E-state index contributed by atoms with van der Waals surface area (Å²) in [6, 6.07) is 10.1. The molecule has 1 aliphatic heterocycles. The highest BCUT2D eigenvalue weighted by Crippen LogP contribution is 2.29. The highest BCUT2D eigenvalue weighted by molar-refractivity contribution is 5.94. The lowest BCUT2D eigenvalue weighted by atomic mass is 10.1. The van der Waals surface area contributed by atoms with Crippen LogP contribution in [-0.2, 0) is 12.8 Å². The van der Waals surface area contributed by atoms with E-state index in [1.165, 1.54) is 5.69 Å². The number of para-hydroxylation sites is 1. The fourth-order valence-corrected chi connectivity index (χ4v) is 4.13. The molecule has 142 valence electrons. The van der Waals surface area contributed by atoms with Crippen LogP contribution in [0.15, 0.2) is 48.9 Å². The Hall–Kier alpha value is -3.22. The summed E-state index contributed by atoms with van der Waals surface area (Å²) in [5.41, 5.74) is 3.97. The van der Waals surface area contributed by atoms with Gasteiger partial charge in [0.05, 0.1) is 11.9 Å². The van der Waals surface area contributed by atoms with Crippen LogP contribution in [0.5, 0.6) is 0 Å². The van der Waals surface area contributed by atoms with Gasteiger partial charge >= 0.3 is 0 Å². The maximum Gasteiger partial charge on any atom is 0.274 e. The van der Waals surface area contributed by atoms with Gasteiger partial charge in [0.2, 0.25) is 0 Å². The number of hydrogen-bond donors (Lipinski definition) is 0. The molecule has 0 atom stereocenters. The van der Waals surface area contributed by atoms with Crippen molar-refractivity contribution >= 4 is 11.7 Å². The fraction of sp³-hybridized carbons (Fsp3) is 0.333. The average molecular weight is 374 g/mol. The number of anilines is 1. The molecule has 0 unspecified atom stereocenters.